The number of carbonyl (C=O) groups excluding carboxylic acids is 4. The van der Waals surface area contributed by atoms with Crippen LogP contribution in [0, 0.1) is 0 Å². The molecule has 1 aliphatic rings. The van der Waals surface area contributed by atoms with E-state index in [9.17, 15) is 37.1 Å². The van der Waals surface area contributed by atoms with Crippen molar-refractivity contribution in [3.8, 4) is 5.69 Å². The van der Waals surface area contributed by atoms with E-state index in [0.717, 1.165) is 16.8 Å². The summed E-state index contributed by atoms with van der Waals surface area (Å²) >= 11 is 0. The Kier molecular flexibility index (Phi) is 9.33. The van der Waals surface area contributed by atoms with Crippen LogP contribution in [0.2, 0.25) is 0 Å². The number of urea groups is 1. The Morgan fingerprint density at radius 2 is 1.62 bits per heavy atom. The number of piperazine rings is 1. The highest BCUT2D eigenvalue weighted by Gasteiger charge is 2.34. The normalized spacial score (nSPS) is 14.3. The van der Waals surface area contributed by atoms with Crippen LogP contribution in [0.25, 0.3) is 5.69 Å². The Balaban J connectivity index is 1.58. The molecule has 2 N–H and O–H groups in total. The summed E-state index contributed by atoms with van der Waals surface area (Å²) in [5.74, 6) is -0.327. The number of aldehydes is 1. The minimum absolute atomic E-state index is 0.0149. The maximum absolute atomic E-state index is 13.3. The number of anilines is 1. The quantitative estimate of drug-likeness (QED) is 0.488. The molecule has 0 spiro atoms. The minimum Gasteiger partial charge on any atom is -0.444 e. The zero-order valence-corrected chi connectivity index (χ0v) is 23.9. The number of aromatic nitrogens is 2. The molecule has 0 radical (unpaired) electrons. The minimum atomic E-state index is -4.81. The predicted molar refractivity (Wildman–Crippen MR) is 145 cm³/mol. The lowest BCUT2D eigenvalue weighted by atomic mass is 10.00. The van der Waals surface area contributed by atoms with Gasteiger partial charge in [0, 0.05) is 49.9 Å². The number of alkyl halides is 3. The molecule has 2 aromatic rings. The molecule has 0 bridgehead atoms. The van der Waals surface area contributed by atoms with Gasteiger partial charge in [-0.15, -0.1) is 0 Å². The monoisotopic (exact) mass is 594 g/mol. The first-order valence-corrected chi connectivity index (χ1v) is 13.0. The summed E-state index contributed by atoms with van der Waals surface area (Å²) in [7, 11) is 0. The topological polar surface area (TPSA) is 143 Å². The zero-order chi connectivity index (χ0) is 31.5. The number of amides is 4. The summed E-state index contributed by atoms with van der Waals surface area (Å²) < 4.78 is 46.0. The highest BCUT2D eigenvalue weighted by atomic mass is 19.4. The maximum atomic E-state index is 13.3. The molecule has 1 aromatic carbocycles. The van der Waals surface area contributed by atoms with Crippen LogP contribution in [0.15, 0.2) is 35.3 Å². The fourth-order valence-corrected chi connectivity index (χ4v) is 4.17. The second-order valence-electron chi connectivity index (χ2n) is 11.3. The lowest BCUT2D eigenvalue weighted by molar-refractivity contribution is -0.138. The van der Waals surface area contributed by atoms with Crippen LogP contribution in [0.4, 0.5) is 28.6 Å². The van der Waals surface area contributed by atoms with Crippen molar-refractivity contribution < 1.29 is 37.1 Å². The number of rotatable bonds is 6. The van der Waals surface area contributed by atoms with E-state index in [1.54, 1.807) is 39.5 Å². The van der Waals surface area contributed by atoms with Gasteiger partial charge in [0.25, 0.3) is 0 Å². The second-order valence-corrected chi connectivity index (χ2v) is 11.3. The van der Waals surface area contributed by atoms with Crippen LogP contribution >= 0.6 is 0 Å². The first kappa shape index (κ1) is 32.1. The van der Waals surface area contributed by atoms with E-state index in [2.05, 4.69) is 15.6 Å². The molecule has 42 heavy (non-hydrogen) atoms. The Labute approximate surface area is 239 Å². The molecular formula is C27H33F3N6O6. The summed E-state index contributed by atoms with van der Waals surface area (Å²) in [5, 5.41) is 5.17. The molecule has 15 heteroatoms. The van der Waals surface area contributed by atoms with Crippen molar-refractivity contribution in [1.29, 1.82) is 0 Å². The molecule has 3 rings (SSSR count). The first-order valence-electron chi connectivity index (χ1n) is 13.0. The van der Waals surface area contributed by atoms with Gasteiger partial charge in [-0.1, -0.05) is 0 Å². The molecule has 228 valence electrons. The molecule has 0 aliphatic carbocycles. The number of hydrogen-bond acceptors (Lipinski definition) is 7. The molecule has 1 fully saturated rings. The lowest BCUT2D eigenvalue weighted by Crippen LogP contribution is -2.54. The Hall–Kier alpha value is -4.43. The van der Waals surface area contributed by atoms with Crippen molar-refractivity contribution in [1.82, 2.24) is 24.7 Å². The van der Waals surface area contributed by atoms with Gasteiger partial charge in [0.05, 0.1) is 11.3 Å². The van der Waals surface area contributed by atoms with E-state index in [4.69, 9.17) is 4.74 Å². The smallest absolute Gasteiger partial charge is 0.417 e. The molecule has 1 saturated heterocycles. The van der Waals surface area contributed by atoms with Crippen LogP contribution in [0.1, 0.15) is 57.0 Å². The highest BCUT2D eigenvalue weighted by Crippen LogP contribution is 2.32. The van der Waals surface area contributed by atoms with Gasteiger partial charge in [-0.25, -0.2) is 14.4 Å². The molecular weight excluding hydrogens is 561 g/mol. The van der Waals surface area contributed by atoms with Gasteiger partial charge in [0.15, 0.2) is 6.29 Å². The number of nitrogens with one attached hydrogen (secondary N) is 2. The molecule has 12 nitrogen and oxygen atoms in total. The number of halogens is 3. The lowest BCUT2D eigenvalue weighted by Gasteiger charge is -2.36. The van der Waals surface area contributed by atoms with E-state index in [-0.39, 0.29) is 56.3 Å². The van der Waals surface area contributed by atoms with Crippen molar-refractivity contribution in [2.75, 3.05) is 31.5 Å². The van der Waals surface area contributed by atoms with Gasteiger partial charge in [-0.05, 0) is 58.9 Å². The molecule has 0 atom stereocenters. The molecule has 2 heterocycles. The predicted octanol–water partition coefficient (Wildman–Crippen LogP) is 3.43. The van der Waals surface area contributed by atoms with Crippen LogP contribution in [-0.2, 0) is 15.7 Å². The van der Waals surface area contributed by atoms with Crippen LogP contribution in [-0.4, -0.2) is 81.0 Å². The van der Waals surface area contributed by atoms with Gasteiger partial charge in [0.1, 0.15) is 11.4 Å². The maximum Gasteiger partial charge on any atom is 0.417 e. The second kappa shape index (κ2) is 12.2. The first-order chi connectivity index (χ1) is 19.4. The van der Waals surface area contributed by atoms with Crippen molar-refractivity contribution in [3.05, 3.63) is 52.1 Å². The fraction of sp³-hybridized carbons (Fsp3) is 0.481. The van der Waals surface area contributed by atoms with Crippen molar-refractivity contribution in [2.45, 2.75) is 58.4 Å². The Morgan fingerprint density at radius 1 is 1.00 bits per heavy atom. The largest absolute Gasteiger partial charge is 0.444 e. The summed E-state index contributed by atoms with van der Waals surface area (Å²) in [6.45, 7) is 9.47. The van der Waals surface area contributed by atoms with Crippen LogP contribution < -0.4 is 16.3 Å². The fourth-order valence-electron chi connectivity index (χ4n) is 4.17. The number of carbonyl (C=O) groups is 4. The Morgan fingerprint density at radius 3 is 2.17 bits per heavy atom. The number of alkyl carbamates (subject to hydrolysis) is 1. The summed E-state index contributed by atoms with van der Waals surface area (Å²) in [6, 6.07) is 3.47. The summed E-state index contributed by atoms with van der Waals surface area (Å²) in [4.78, 5) is 67.9. The van der Waals surface area contributed by atoms with Crippen molar-refractivity contribution >= 4 is 30.1 Å². The molecule has 0 saturated carbocycles. The average Bonchev–Trinajstić information content (AvgIpc) is 2.86. The van der Waals surface area contributed by atoms with E-state index >= 15 is 0 Å². The van der Waals surface area contributed by atoms with E-state index in [1.807, 2.05) is 0 Å². The van der Waals surface area contributed by atoms with Crippen LogP contribution in [0.5, 0.6) is 0 Å². The van der Waals surface area contributed by atoms with Gasteiger partial charge in [-0.3, -0.25) is 19.5 Å². The van der Waals surface area contributed by atoms with Gasteiger partial charge < -0.3 is 19.9 Å². The SMILES string of the molecule is CC(C)(CC(=O)N1CCN(C(=O)Nc2ccn(-c3ccc(C=O)c(C(F)(F)F)c3)c(=O)n2)CC1)NC(=O)OC(C)(C)C. The summed E-state index contributed by atoms with van der Waals surface area (Å²) in [5.41, 5.74) is -4.42. The highest BCUT2D eigenvalue weighted by molar-refractivity contribution is 5.88. The number of ether oxygens (including phenoxy) is 1. The molecule has 1 aliphatic heterocycles. The third-order valence-electron chi connectivity index (χ3n) is 6.14. The standard InChI is InChI=1S/C27H33F3N6O6/c1-25(2,3)42-24(41)33-26(4,5)15-21(38)34-10-12-35(13-11-34)22(39)31-20-8-9-36(23(40)32-20)18-7-6-17(16-37)19(14-18)27(28,29)30/h6-9,14,16H,10-13,15H2,1-5H3,(H,33,41)(H,31,32,39,40). The summed E-state index contributed by atoms with van der Waals surface area (Å²) in [6.07, 6.45) is -4.19. The van der Waals surface area contributed by atoms with Crippen molar-refractivity contribution in [3.63, 3.8) is 0 Å². The van der Waals surface area contributed by atoms with E-state index in [0.29, 0.717) is 6.07 Å². The van der Waals surface area contributed by atoms with E-state index < -0.39 is 46.3 Å². The van der Waals surface area contributed by atoms with Crippen molar-refractivity contribution in [2.24, 2.45) is 0 Å². The third kappa shape index (κ3) is 8.54. The zero-order valence-electron chi connectivity index (χ0n) is 23.9. The van der Waals surface area contributed by atoms with Gasteiger partial charge in [-0.2, -0.15) is 18.2 Å². The third-order valence-corrected chi connectivity index (χ3v) is 6.14. The van der Waals surface area contributed by atoms with Gasteiger partial charge >= 0.3 is 24.0 Å². The van der Waals surface area contributed by atoms with Gasteiger partial charge in [0.2, 0.25) is 5.91 Å². The molecule has 0 unspecified atom stereocenters. The van der Waals surface area contributed by atoms with Crippen LogP contribution in [0.3, 0.4) is 0 Å². The Bertz CT molecular complexity index is 1410. The molecule has 1 aromatic heterocycles. The number of hydrogen-bond donors (Lipinski definition) is 2. The average molecular weight is 595 g/mol. The number of nitrogens with zero attached hydrogens (tertiary/aromatic N) is 4. The van der Waals surface area contributed by atoms with E-state index in [1.165, 1.54) is 17.0 Å². The number of benzene rings is 1. The molecule has 4 amide bonds.